The first-order valence-corrected chi connectivity index (χ1v) is 4.35. The van der Waals surface area contributed by atoms with Crippen LogP contribution in [-0.2, 0) is 11.3 Å². The molecule has 68 valence electrons. The maximum absolute atomic E-state index is 11.1. The predicted octanol–water partition coefficient (Wildman–Crippen LogP) is 2.06. The highest BCUT2D eigenvalue weighted by atomic mass is 32.1. The van der Waals surface area contributed by atoms with Gasteiger partial charge in [0.15, 0.2) is 0 Å². The second-order valence-electron chi connectivity index (χ2n) is 2.93. The first-order valence-electron chi connectivity index (χ1n) is 3.91. The van der Waals surface area contributed by atoms with Crippen LogP contribution in [0.15, 0.2) is 23.1 Å². The highest BCUT2D eigenvalue weighted by Crippen LogP contribution is 2.27. The Morgan fingerprint density at radius 1 is 1.54 bits per heavy atom. The summed E-state index contributed by atoms with van der Waals surface area (Å²) in [6.45, 7) is 0.354. The highest BCUT2D eigenvalue weighted by molar-refractivity contribution is 7.80. The summed E-state index contributed by atoms with van der Waals surface area (Å²) in [4.78, 5) is 13.5. The van der Waals surface area contributed by atoms with E-state index in [1.165, 1.54) is 4.90 Å². The fourth-order valence-corrected chi connectivity index (χ4v) is 1.52. The van der Waals surface area contributed by atoms with Gasteiger partial charge in [0.05, 0.1) is 5.69 Å². The van der Waals surface area contributed by atoms with Crippen molar-refractivity contribution in [2.45, 2.75) is 11.5 Å². The van der Waals surface area contributed by atoms with Crippen molar-refractivity contribution in [1.82, 2.24) is 0 Å². The average Bonchev–Trinajstić information content (AvgIpc) is 2.12. The Balaban J connectivity index is 2.51. The molecule has 0 saturated heterocycles. The summed E-state index contributed by atoms with van der Waals surface area (Å²) < 4.78 is 4.92. The van der Waals surface area contributed by atoms with Crippen LogP contribution in [0.25, 0.3) is 0 Å². The van der Waals surface area contributed by atoms with Crippen molar-refractivity contribution in [3.63, 3.8) is 0 Å². The highest BCUT2D eigenvalue weighted by Gasteiger charge is 2.21. The van der Waals surface area contributed by atoms with Gasteiger partial charge in [-0.15, -0.1) is 12.6 Å². The Labute approximate surface area is 81.7 Å². The SMILES string of the molecule is CN1C(=O)OCc2ccc(S)cc21. The largest absolute Gasteiger partial charge is 0.444 e. The van der Waals surface area contributed by atoms with E-state index in [1.54, 1.807) is 7.05 Å². The third-order valence-corrected chi connectivity index (χ3v) is 2.33. The van der Waals surface area contributed by atoms with Crippen LogP contribution < -0.4 is 4.90 Å². The lowest BCUT2D eigenvalue weighted by Gasteiger charge is -2.25. The number of hydrogen-bond donors (Lipinski definition) is 1. The van der Waals surface area contributed by atoms with Gasteiger partial charge in [0.2, 0.25) is 0 Å². The van der Waals surface area contributed by atoms with Gasteiger partial charge in [0.25, 0.3) is 0 Å². The number of cyclic esters (lactones) is 1. The minimum Gasteiger partial charge on any atom is -0.444 e. The summed E-state index contributed by atoms with van der Waals surface area (Å²) in [5.74, 6) is 0. The number of carbonyl (C=O) groups excluding carboxylic acids is 1. The molecule has 2 rings (SSSR count). The lowest BCUT2D eigenvalue weighted by Crippen LogP contribution is -2.31. The number of hydrogen-bond acceptors (Lipinski definition) is 3. The maximum Gasteiger partial charge on any atom is 0.414 e. The Morgan fingerprint density at radius 2 is 2.31 bits per heavy atom. The van der Waals surface area contributed by atoms with Crippen LogP contribution in [0.4, 0.5) is 10.5 Å². The van der Waals surface area contributed by atoms with Crippen LogP contribution in [0.3, 0.4) is 0 Å². The molecule has 1 aliphatic rings. The first-order chi connectivity index (χ1) is 6.18. The van der Waals surface area contributed by atoms with E-state index in [1.807, 2.05) is 18.2 Å². The molecule has 0 radical (unpaired) electrons. The molecule has 1 amide bonds. The molecule has 0 spiro atoms. The third-order valence-electron chi connectivity index (χ3n) is 2.06. The van der Waals surface area contributed by atoms with Gasteiger partial charge in [0, 0.05) is 17.5 Å². The van der Waals surface area contributed by atoms with Crippen molar-refractivity contribution in [3.05, 3.63) is 23.8 Å². The summed E-state index contributed by atoms with van der Waals surface area (Å²) in [6.07, 6.45) is -0.313. The summed E-state index contributed by atoms with van der Waals surface area (Å²) in [7, 11) is 1.69. The number of nitrogens with zero attached hydrogens (tertiary/aromatic N) is 1. The quantitative estimate of drug-likeness (QED) is 0.642. The molecule has 1 heterocycles. The molecule has 0 atom stereocenters. The normalized spacial score (nSPS) is 15.2. The van der Waals surface area contributed by atoms with Gasteiger partial charge in [-0.1, -0.05) is 6.07 Å². The fourth-order valence-electron chi connectivity index (χ4n) is 1.32. The van der Waals surface area contributed by atoms with Crippen molar-refractivity contribution in [3.8, 4) is 0 Å². The number of anilines is 1. The first kappa shape index (κ1) is 8.44. The van der Waals surface area contributed by atoms with Crippen LogP contribution in [0.5, 0.6) is 0 Å². The molecule has 0 aliphatic carbocycles. The van der Waals surface area contributed by atoms with E-state index < -0.39 is 0 Å². The number of benzene rings is 1. The molecule has 0 saturated carbocycles. The molecule has 1 aromatic carbocycles. The van der Waals surface area contributed by atoms with E-state index in [2.05, 4.69) is 12.6 Å². The Morgan fingerprint density at radius 3 is 3.08 bits per heavy atom. The molecule has 13 heavy (non-hydrogen) atoms. The molecular weight excluding hydrogens is 186 g/mol. The number of carbonyl (C=O) groups is 1. The monoisotopic (exact) mass is 195 g/mol. The van der Waals surface area contributed by atoms with E-state index in [0.717, 1.165) is 16.1 Å². The molecule has 0 bridgehead atoms. The molecule has 3 nitrogen and oxygen atoms in total. The van der Waals surface area contributed by atoms with Gasteiger partial charge >= 0.3 is 6.09 Å². The summed E-state index contributed by atoms with van der Waals surface area (Å²) in [5, 5.41) is 0. The smallest absolute Gasteiger partial charge is 0.414 e. The Hall–Kier alpha value is -1.16. The zero-order chi connectivity index (χ0) is 9.42. The second-order valence-corrected chi connectivity index (χ2v) is 3.44. The number of fused-ring (bicyclic) bond motifs is 1. The number of ether oxygens (including phenoxy) is 1. The fraction of sp³-hybridized carbons (Fsp3) is 0.222. The van der Waals surface area contributed by atoms with E-state index in [4.69, 9.17) is 4.74 Å². The standard InChI is InChI=1S/C9H9NO2S/c1-10-8-4-7(13)3-2-6(8)5-12-9(10)11/h2-4,13H,5H2,1H3. The van der Waals surface area contributed by atoms with Gasteiger partial charge in [-0.25, -0.2) is 4.79 Å². The van der Waals surface area contributed by atoms with Crippen molar-refractivity contribution >= 4 is 24.4 Å². The topological polar surface area (TPSA) is 29.5 Å². The third kappa shape index (κ3) is 1.37. The van der Waals surface area contributed by atoms with E-state index >= 15 is 0 Å². The Bertz CT molecular complexity index is 365. The molecular formula is C9H9NO2S. The molecule has 0 unspecified atom stereocenters. The van der Waals surface area contributed by atoms with Crippen LogP contribution in [0, 0.1) is 0 Å². The lowest BCUT2D eigenvalue weighted by atomic mass is 10.1. The summed E-state index contributed by atoms with van der Waals surface area (Å²) in [5.41, 5.74) is 1.89. The van der Waals surface area contributed by atoms with Crippen molar-refractivity contribution in [2.24, 2.45) is 0 Å². The minimum atomic E-state index is -0.313. The van der Waals surface area contributed by atoms with Gasteiger partial charge in [-0.3, -0.25) is 4.90 Å². The lowest BCUT2D eigenvalue weighted by molar-refractivity contribution is 0.143. The summed E-state index contributed by atoms with van der Waals surface area (Å²) in [6, 6.07) is 5.66. The second kappa shape index (κ2) is 2.96. The van der Waals surface area contributed by atoms with Crippen LogP contribution in [-0.4, -0.2) is 13.1 Å². The minimum absolute atomic E-state index is 0.313. The number of amides is 1. The zero-order valence-electron chi connectivity index (χ0n) is 7.15. The van der Waals surface area contributed by atoms with Crippen LogP contribution in [0.1, 0.15) is 5.56 Å². The molecule has 0 aromatic heterocycles. The molecule has 1 aliphatic heterocycles. The maximum atomic E-state index is 11.1. The average molecular weight is 195 g/mol. The van der Waals surface area contributed by atoms with Crippen molar-refractivity contribution in [2.75, 3.05) is 11.9 Å². The molecule has 1 aromatic rings. The molecule has 0 N–H and O–H groups in total. The van der Waals surface area contributed by atoms with Gasteiger partial charge in [0.1, 0.15) is 6.61 Å². The van der Waals surface area contributed by atoms with E-state index in [-0.39, 0.29) is 6.09 Å². The van der Waals surface area contributed by atoms with Gasteiger partial charge in [-0.2, -0.15) is 0 Å². The van der Waals surface area contributed by atoms with E-state index in [9.17, 15) is 4.79 Å². The number of rotatable bonds is 0. The zero-order valence-corrected chi connectivity index (χ0v) is 8.04. The Kier molecular flexibility index (Phi) is 1.92. The van der Waals surface area contributed by atoms with Gasteiger partial charge < -0.3 is 4.74 Å². The molecule has 0 fully saturated rings. The predicted molar refractivity (Wildman–Crippen MR) is 52.3 cm³/mol. The number of thiol groups is 1. The van der Waals surface area contributed by atoms with Gasteiger partial charge in [-0.05, 0) is 12.1 Å². The van der Waals surface area contributed by atoms with E-state index in [0.29, 0.717) is 6.61 Å². The van der Waals surface area contributed by atoms with Crippen molar-refractivity contribution < 1.29 is 9.53 Å². The van der Waals surface area contributed by atoms with Crippen LogP contribution in [0.2, 0.25) is 0 Å². The van der Waals surface area contributed by atoms with Crippen LogP contribution >= 0.6 is 12.6 Å². The molecule has 4 heteroatoms. The summed E-state index contributed by atoms with van der Waals surface area (Å²) >= 11 is 4.21. The van der Waals surface area contributed by atoms with Crippen molar-refractivity contribution in [1.29, 1.82) is 0 Å².